The highest BCUT2D eigenvalue weighted by Gasteiger charge is 2.43. The maximum absolute atomic E-state index is 12.2. The molecule has 1 N–H and O–H groups in total. The van der Waals surface area contributed by atoms with Gasteiger partial charge in [-0.1, -0.05) is 30.3 Å². The van der Waals surface area contributed by atoms with E-state index in [1.54, 1.807) is 20.8 Å². The molecule has 2 rings (SSSR count). The Kier molecular flexibility index (Phi) is 4.74. The van der Waals surface area contributed by atoms with Crippen molar-refractivity contribution in [2.45, 2.75) is 45.3 Å². The van der Waals surface area contributed by atoms with Crippen LogP contribution in [0.5, 0.6) is 0 Å². The van der Waals surface area contributed by atoms with Gasteiger partial charge in [-0.2, -0.15) is 0 Å². The van der Waals surface area contributed by atoms with E-state index in [2.05, 4.69) is 0 Å². The minimum atomic E-state index is -0.968. The van der Waals surface area contributed by atoms with Gasteiger partial charge in [0.25, 0.3) is 0 Å². The first kappa shape index (κ1) is 16.3. The number of carboxylic acid groups (broad SMARTS) is 1. The predicted molar refractivity (Wildman–Crippen MR) is 82.6 cm³/mol. The maximum Gasteiger partial charge on any atom is 0.411 e. The number of hydrogen-bond donors (Lipinski definition) is 1. The van der Waals surface area contributed by atoms with Crippen molar-refractivity contribution in [2.24, 2.45) is 5.92 Å². The van der Waals surface area contributed by atoms with Crippen LogP contribution in [0.3, 0.4) is 0 Å². The number of rotatable bonds is 3. The van der Waals surface area contributed by atoms with Crippen molar-refractivity contribution in [1.29, 1.82) is 0 Å². The molecule has 0 radical (unpaired) electrons. The molecule has 0 aromatic heterocycles. The molecule has 1 aliphatic heterocycles. The summed E-state index contributed by atoms with van der Waals surface area (Å²) in [5, 5.41) is 9.53. The average molecular weight is 305 g/mol. The second-order valence-corrected chi connectivity index (χ2v) is 6.70. The highest BCUT2D eigenvalue weighted by molar-refractivity contribution is 5.81. The van der Waals surface area contributed by atoms with Crippen molar-refractivity contribution in [3.63, 3.8) is 0 Å². The summed E-state index contributed by atoms with van der Waals surface area (Å²) < 4.78 is 5.32. The van der Waals surface area contributed by atoms with Gasteiger partial charge in [0, 0.05) is 6.54 Å². The van der Waals surface area contributed by atoms with E-state index in [0.717, 1.165) is 5.56 Å². The molecular formula is C17H23NO4. The molecule has 0 bridgehead atoms. The third kappa shape index (κ3) is 4.00. The number of carboxylic acids is 1. The predicted octanol–water partition coefficient (Wildman–Crippen LogP) is 2.94. The van der Waals surface area contributed by atoms with Crippen molar-refractivity contribution in [1.82, 2.24) is 4.90 Å². The Labute approximate surface area is 130 Å². The zero-order chi connectivity index (χ0) is 16.3. The molecule has 2 unspecified atom stereocenters. The summed E-state index contributed by atoms with van der Waals surface area (Å²) in [5.41, 5.74) is 0.460. The summed E-state index contributed by atoms with van der Waals surface area (Å²) in [6, 6.07) is 8.94. The number of ether oxygens (including phenoxy) is 1. The number of carbonyl (C=O) groups excluding carboxylic acids is 1. The van der Waals surface area contributed by atoms with E-state index in [4.69, 9.17) is 4.74 Å². The minimum absolute atomic E-state index is 0.0904. The topological polar surface area (TPSA) is 66.8 Å². The van der Waals surface area contributed by atoms with Gasteiger partial charge in [-0.05, 0) is 45.1 Å². The molecule has 120 valence electrons. The molecule has 1 amide bonds. The van der Waals surface area contributed by atoms with Crippen molar-refractivity contribution in [2.75, 3.05) is 6.54 Å². The molecule has 0 saturated carbocycles. The lowest BCUT2D eigenvalue weighted by molar-refractivity contribution is -0.143. The SMILES string of the molecule is CC(C)(C)OC(=O)N1CCC(Cc2ccccc2)C1C(=O)O. The number of amides is 1. The molecule has 22 heavy (non-hydrogen) atoms. The lowest BCUT2D eigenvalue weighted by Crippen LogP contribution is -2.45. The smallest absolute Gasteiger partial charge is 0.411 e. The van der Waals surface area contributed by atoms with Crippen LogP contribution in [0.4, 0.5) is 4.79 Å². The first-order chi connectivity index (χ1) is 10.3. The third-order valence-electron chi connectivity index (χ3n) is 3.74. The Morgan fingerprint density at radius 1 is 1.27 bits per heavy atom. The van der Waals surface area contributed by atoms with E-state index < -0.39 is 23.7 Å². The number of benzene rings is 1. The second-order valence-electron chi connectivity index (χ2n) is 6.70. The summed E-state index contributed by atoms with van der Waals surface area (Å²) in [5.74, 6) is -1.06. The van der Waals surface area contributed by atoms with Crippen molar-refractivity contribution < 1.29 is 19.4 Å². The normalized spacial score (nSPS) is 21.7. The van der Waals surface area contributed by atoms with Gasteiger partial charge >= 0.3 is 12.1 Å². The fraction of sp³-hybridized carbons (Fsp3) is 0.529. The van der Waals surface area contributed by atoms with Crippen molar-refractivity contribution in [3.05, 3.63) is 35.9 Å². The van der Waals surface area contributed by atoms with Crippen LogP contribution in [0.25, 0.3) is 0 Å². The van der Waals surface area contributed by atoms with Crippen LogP contribution in [-0.4, -0.2) is 40.3 Å². The number of nitrogens with zero attached hydrogens (tertiary/aromatic N) is 1. The highest BCUT2D eigenvalue weighted by Crippen LogP contribution is 2.29. The van der Waals surface area contributed by atoms with E-state index in [9.17, 15) is 14.7 Å². The largest absolute Gasteiger partial charge is 0.480 e. The zero-order valence-electron chi connectivity index (χ0n) is 13.3. The van der Waals surface area contributed by atoms with E-state index in [0.29, 0.717) is 19.4 Å². The molecule has 5 heteroatoms. The molecule has 1 heterocycles. The molecule has 1 aliphatic rings. The lowest BCUT2D eigenvalue weighted by Gasteiger charge is -2.28. The van der Waals surface area contributed by atoms with Crippen LogP contribution < -0.4 is 0 Å². The first-order valence-corrected chi connectivity index (χ1v) is 7.54. The highest BCUT2D eigenvalue weighted by atomic mass is 16.6. The molecule has 1 saturated heterocycles. The summed E-state index contributed by atoms with van der Waals surface area (Å²) >= 11 is 0. The molecule has 5 nitrogen and oxygen atoms in total. The van der Waals surface area contributed by atoms with Crippen LogP contribution in [0.2, 0.25) is 0 Å². The molecule has 0 spiro atoms. The fourth-order valence-corrected chi connectivity index (χ4v) is 2.85. The Balaban J connectivity index is 2.11. The van der Waals surface area contributed by atoms with E-state index >= 15 is 0 Å². The van der Waals surface area contributed by atoms with Gasteiger partial charge in [-0.15, -0.1) is 0 Å². The lowest BCUT2D eigenvalue weighted by atomic mass is 9.92. The van der Waals surface area contributed by atoms with Gasteiger partial charge in [-0.3, -0.25) is 4.90 Å². The summed E-state index contributed by atoms with van der Waals surface area (Å²) in [6.07, 6.45) is 0.776. The molecule has 2 atom stereocenters. The molecule has 1 fully saturated rings. The van der Waals surface area contributed by atoms with Gasteiger partial charge in [0.1, 0.15) is 11.6 Å². The van der Waals surface area contributed by atoms with E-state index in [1.807, 2.05) is 30.3 Å². The van der Waals surface area contributed by atoms with Crippen LogP contribution in [0, 0.1) is 5.92 Å². The van der Waals surface area contributed by atoms with Crippen LogP contribution in [0.1, 0.15) is 32.8 Å². The molecule has 1 aromatic rings. The van der Waals surface area contributed by atoms with Gasteiger partial charge in [-0.25, -0.2) is 9.59 Å². The van der Waals surface area contributed by atoms with Crippen LogP contribution in [0.15, 0.2) is 30.3 Å². The molecule has 0 aliphatic carbocycles. The molecular weight excluding hydrogens is 282 g/mol. The van der Waals surface area contributed by atoms with Gasteiger partial charge in [0.05, 0.1) is 0 Å². The first-order valence-electron chi connectivity index (χ1n) is 7.54. The second kappa shape index (κ2) is 6.38. The zero-order valence-corrected chi connectivity index (χ0v) is 13.3. The average Bonchev–Trinajstić information content (AvgIpc) is 2.82. The standard InChI is InChI=1S/C17H23NO4/c1-17(2,3)22-16(21)18-10-9-13(14(18)15(19)20)11-12-7-5-4-6-8-12/h4-8,13-14H,9-11H2,1-3H3,(H,19,20). The monoisotopic (exact) mass is 305 g/mol. The summed E-state index contributed by atoms with van der Waals surface area (Å²) in [4.78, 5) is 25.2. The summed E-state index contributed by atoms with van der Waals surface area (Å²) in [6.45, 7) is 5.75. The van der Waals surface area contributed by atoms with Crippen molar-refractivity contribution in [3.8, 4) is 0 Å². The number of aliphatic carboxylic acids is 1. The van der Waals surface area contributed by atoms with Gasteiger partial charge in [0.2, 0.25) is 0 Å². The van der Waals surface area contributed by atoms with Crippen molar-refractivity contribution >= 4 is 12.1 Å². The van der Waals surface area contributed by atoms with Gasteiger partial charge in [0.15, 0.2) is 0 Å². The Morgan fingerprint density at radius 2 is 1.91 bits per heavy atom. The minimum Gasteiger partial charge on any atom is -0.480 e. The van der Waals surface area contributed by atoms with Gasteiger partial charge < -0.3 is 9.84 Å². The Hall–Kier alpha value is -2.04. The summed E-state index contributed by atoms with van der Waals surface area (Å²) in [7, 11) is 0. The Bertz CT molecular complexity index is 535. The fourth-order valence-electron chi connectivity index (χ4n) is 2.85. The van der Waals surface area contributed by atoms with E-state index in [1.165, 1.54) is 4.90 Å². The van der Waals surface area contributed by atoms with Crippen LogP contribution >= 0.6 is 0 Å². The quantitative estimate of drug-likeness (QED) is 0.932. The number of carbonyl (C=O) groups is 2. The third-order valence-corrected chi connectivity index (χ3v) is 3.74. The maximum atomic E-state index is 12.2. The number of hydrogen-bond acceptors (Lipinski definition) is 3. The Morgan fingerprint density at radius 3 is 2.45 bits per heavy atom. The van der Waals surface area contributed by atoms with Crippen LogP contribution in [-0.2, 0) is 16.0 Å². The number of likely N-dealkylation sites (tertiary alicyclic amines) is 1. The molecule has 1 aromatic carbocycles. The van der Waals surface area contributed by atoms with E-state index in [-0.39, 0.29) is 5.92 Å².